The number of rotatable bonds is 6. The Kier molecular flexibility index (Phi) is 10.7. The average Bonchev–Trinajstić information content (AvgIpc) is 2.60. The quantitative estimate of drug-likeness (QED) is 0.378. The Balaban J connectivity index is 0.00000312. The summed E-state index contributed by atoms with van der Waals surface area (Å²) >= 11 is 6.06. The maximum Gasteiger partial charge on any atom is 0.193 e. The molecule has 1 aromatic carbocycles. The van der Waals surface area contributed by atoms with Crippen molar-refractivity contribution in [2.45, 2.75) is 25.7 Å². The fraction of sp³-hybridized carbons (Fsp3) is 0.611. The largest absolute Gasteiger partial charge is 0.381 e. The van der Waals surface area contributed by atoms with Gasteiger partial charge in [0.15, 0.2) is 5.96 Å². The highest BCUT2D eigenvalue weighted by atomic mass is 127. The van der Waals surface area contributed by atoms with E-state index in [0.717, 1.165) is 50.9 Å². The van der Waals surface area contributed by atoms with Crippen LogP contribution < -0.4 is 5.32 Å². The Hall–Kier alpha value is -0.600. The summed E-state index contributed by atoms with van der Waals surface area (Å²) in [4.78, 5) is 6.43. The van der Waals surface area contributed by atoms with E-state index in [4.69, 9.17) is 16.3 Å². The van der Waals surface area contributed by atoms with Crippen molar-refractivity contribution in [1.82, 2.24) is 10.2 Å². The van der Waals surface area contributed by atoms with Gasteiger partial charge in [-0.2, -0.15) is 0 Å². The number of nitrogens with one attached hydrogen (secondary N) is 1. The average molecular weight is 484 g/mol. The van der Waals surface area contributed by atoms with Crippen LogP contribution in [0.25, 0.3) is 0 Å². The maximum atomic E-state index is 13.8. The molecule has 0 unspecified atom stereocenters. The lowest BCUT2D eigenvalue weighted by Crippen LogP contribution is -2.41. The SMILES string of the molecule is CN=C(NCCc1c(F)cccc1Cl)N(C)CCC1CCOCC1.I. The van der Waals surface area contributed by atoms with E-state index in [-0.39, 0.29) is 29.8 Å². The van der Waals surface area contributed by atoms with Crippen molar-refractivity contribution in [1.29, 1.82) is 0 Å². The molecule has 0 atom stereocenters. The Morgan fingerprint density at radius 2 is 2.12 bits per heavy atom. The van der Waals surface area contributed by atoms with Crippen LogP contribution in [-0.2, 0) is 11.2 Å². The fourth-order valence-corrected chi connectivity index (χ4v) is 3.23. The molecule has 1 aliphatic heterocycles. The van der Waals surface area contributed by atoms with Gasteiger partial charge in [0.1, 0.15) is 5.82 Å². The molecule has 0 saturated carbocycles. The number of nitrogens with zero attached hydrogens (tertiary/aromatic N) is 2. The lowest BCUT2D eigenvalue weighted by atomic mass is 9.96. The number of hydrogen-bond acceptors (Lipinski definition) is 2. The molecule has 7 heteroatoms. The van der Waals surface area contributed by atoms with E-state index in [2.05, 4.69) is 15.2 Å². The van der Waals surface area contributed by atoms with Gasteiger partial charge < -0.3 is 15.0 Å². The molecule has 4 nitrogen and oxygen atoms in total. The summed E-state index contributed by atoms with van der Waals surface area (Å²) < 4.78 is 19.2. The zero-order valence-corrected chi connectivity index (χ0v) is 18.0. The number of ether oxygens (including phenoxy) is 1. The molecule has 0 spiro atoms. The molecule has 1 aromatic rings. The minimum atomic E-state index is -0.257. The molecule has 0 radical (unpaired) electrons. The fourth-order valence-electron chi connectivity index (χ4n) is 2.97. The van der Waals surface area contributed by atoms with Crippen molar-refractivity contribution in [3.05, 3.63) is 34.6 Å². The third-order valence-electron chi connectivity index (χ3n) is 4.51. The smallest absolute Gasteiger partial charge is 0.193 e. The van der Waals surface area contributed by atoms with Gasteiger partial charge in [-0.05, 0) is 43.7 Å². The Morgan fingerprint density at radius 1 is 1.40 bits per heavy atom. The van der Waals surface area contributed by atoms with Crippen LogP contribution in [0.15, 0.2) is 23.2 Å². The topological polar surface area (TPSA) is 36.9 Å². The third kappa shape index (κ3) is 7.27. The summed E-state index contributed by atoms with van der Waals surface area (Å²) in [7, 11) is 3.80. The van der Waals surface area contributed by atoms with Crippen LogP contribution in [-0.4, -0.2) is 51.3 Å². The number of benzene rings is 1. The summed E-state index contributed by atoms with van der Waals surface area (Å²) in [5.74, 6) is 1.30. The summed E-state index contributed by atoms with van der Waals surface area (Å²) in [6.07, 6.45) is 3.95. The van der Waals surface area contributed by atoms with Gasteiger partial charge in [0.2, 0.25) is 0 Å². The third-order valence-corrected chi connectivity index (χ3v) is 4.86. The van der Waals surface area contributed by atoms with E-state index in [0.29, 0.717) is 23.6 Å². The molecule has 0 aliphatic carbocycles. The summed E-state index contributed by atoms with van der Waals surface area (Å²) in [5, 5.41) is 3.76. The molecule has 25 heavy (non-hydrogen) atoms. The monoisotopic (exact) mass is 483 g/mol. The zero-order valence-electron chi connectivity index (χ0n) is 14.9. The van der Waals surface area contributed by atoms with Crippen LogP contribution in [0.5, 0.6) is 0 Å². The van der Waals surface area contributed by atoms with Crippen molar-refractivity contribution in [2.75, 3.05) is 40.4 Å². The molecule has 1 saturated heterocycles. The van der Waals surface area contributed by atoms with E-state index < -0.39 is 0 Å². The van der Waals surface area contributed by atoms with Gasteiger partial charge in [0.05, 0.1) is 0 Å². The second kappa shape index (κ2) is 11.9. The summed E-state index contributed by atoms with van der Waals surface area (Å²) in [5.41, 5.74) is 0.548. The number of hydrogen-bond donors (Lipinski definition) is 1. The Bertz CT molecular complexity index is 533. The second-order valence-corrected chi connectivity index (χ2v) is 6.60. The van der Waals surface area contributed by atoms with Crippen molar-refractivity contribution >= 4 is 41.5 Å². The van der Waals surface area contributed by atoms with Crippen LogP contribution in [0.2, 0.25) is 5.02 Å². The van der Waals surface area contributed by atoms with Crippen LogP contribution >= 0.6 is 35.6 Å². The van der Waals surface area contributed by atoms with Gasteiger partial charge in [-0.3, -0.25) is 4.99 Å². The van der Waals surface area contributed by atoms with Gasteiger partial charge in [0.25, 0.3) is 0 Å². The Labute approximate surface area is 172 Å². The highest BCUT2D eigenvalue weighted by Crippen LogP contribution is 2.19. The molecule has 2 rings (SSSR count). The highest BCUT2D eigenvalue weighted by Gasteiger charge is 2.15. The van der Waals surface area contributed by atoms with Gasteiger partial charge in [-0.1, -0.05) is 17.7 Å². The van der Waals surface area contributed by atoms with Crippen molar-refractivity contribution in [3.8, 4) is 0 Å². The molecule has 0 bridgehead atoms. The molecule has 0 amide bonds. The standard InChI is InChI=1S/C18H27ClFN3O.HI/c1-21-18(23(2)11-7-14-8-12-24-13-9-14)22-10-6-15-16(19)4-3-5-17(15)20;/h3-5,14H,6-13H2,1-2H3,(H,21,22);1H. The van der Waals surface area contributed by atoms with Gasteiger partial charge >= 0.3 is 0 Å². The van der Waals surface area contributed by atoms with Crippen molar-refractivity contribution < 1.29 is 9.13 Å². The summed E-state index contributed by atoms with van der Waals surface area (Å²) in [6.45, 7) is 3.30. The molecule has 1 heterocycles. The van der Waals surface area contributed by atoms with Gasteiger partial charge in [0, 0.05) is 51.0 Å². The van der Waals surface area contributed by atoms with Crippen LogP contribution in [0.3, 0.4) is 0 Å². The van der Waals surface area contributed by atoms with Gasteiger partial charge in [-0.15, -0.1) is 24.0 Å². The molecular weight excluding hydrogens is 456 g/mol. The van der Waals surface area contributed by atoms with Crippen molar-refractivity contribution in [2.24, 2.45) is 10.9 Å². The second-order valence-electron chi connectivity index (χ2n) is 6.19. The van der Waals surface area contributed by atoms with E-state index >= 15 is 0 Å². The molecular formula is C18H28ClFIN3O. The van der Waals surface area contributed by atoms with Crippen molar-refractivity contribution in [3.63, 3.8) is 0 Å². The first kappa shape index (κ1) is 22.4. The predicted octanol–water partition coefficient (Wildman–Crippen LogP) is 3.96. The molecule has 142 valence electrons. The first-order chi connectivity index (χ1) is 11.6. The Morgan fingerprint density at radius 3 is 2.76 bits per heavy atom. The number of guanidine groups is 1. The maximum absolute atomic E-state index is 13.8. The van der Waals surface area contributed by atoms with E-state index in [9.17, 15) is 4.39 Å². The lowest BCUT2D eigenvalue weighted by molar-refractivity contribution is 0.0625. The zero-order chi connectivity index (χ0) is 17.4. The van der Waals surface area contributed by atoms with E-state index in [1.54, 1.807) is 19.2 Å². The minimum Gasteiger partial charge on any atom is -0.381 e. The number of aliphatic imine (C=N–C) groups is 1. The van der Waals surface area contributed by atoms with E-state index in [1.807, 2.05) is 7.05 Å². The first-order valence-corrected chi connectivity index (χ1v) is 8.92. The van der Waals surface area contributed by atoms with Crippen LogP contribution in [0.4, 0.5) is 4.39 Å². The van der Waals surface area contributed by atoms with Gasteiger partial charge in [-0.25, -0.2) is 4.39 Å². The van der Waals surface area contributed by atoms with E-state index in [1.165, 1.54) is 6.07 Å². The normalized spacial score (nSPS) is 15.6. The van der Waals surface area contributed by atoms with Crippen LogP contribution in [0.1, 0.15) is 24.8 Å². The lowest BCUT2D eigenvalue weighted by Gasteiger charge is -2.26. The molecule has 1 fully saturated rings. The molecule has 1 aliphatic rings. The summed E-state index contributed by atoms with van der Waals surface area (Å²) in [6, 6.07) is 4.78. The first-order valence-electron chi connectivity index (χ1n) is 8.54. The minimum absolute atomic E-state index is 0. The molecule has 0 aromatic heterocycles. The molecule has 1 N–H and O–H groups in total. The predicted molar refractivity (Wildman–Crippen MR) is 113 cm³/mol. The van der Waals surface area contributed by atoms with Crippen LogP contribution in [0, 0.1) is 11.7 Å². The highest BCUT2D eigenvalue weighted by molar-refractivity contribution is 14.0. The number of halogens is 3.